The summed E-state index contributed by atoms with van der Waals surface area (Å²) in [5.41, 5.74) is 2.82. The molecule has 0 saturated heterocycles. The first-order valence-electron chi connectivity index (χ1n) is 6.84. The molecule has 1 unspecified atom stereocenters. The molecule has 0 bridgehead atoms. The molecule has 0 aliphatic carbocycles. The van der Waals surface area contributed by atoms with Gasteiger partial charge in [0.05, 0.1) is 18.7 Å². The molecule has 4 heteroatoms. The lowest BCUT2D eigenvalue weighted by Gasteiger charge is -2.12. The lowest BCUT2D eigenvalue weighted by molar-refractivity contribution is 0.310. The average molecular weight is 280 g/mol. The van der Waals surface area contributed by atoms with Crippen LogP contribution in [0.25, 0.3) is 0 Å². The van der Waals surface area contributed by atoms with Crippen molar-refractivity contribution in [3.05, 3.63) is 59.2 Å². The number of hydrogen-bond acceptors (Lipinski definition) is 4. The van der Waals surface area contributed by atoms with Crippen LogP contribution in [0.4, 0.5) is 0 Å². The Kier molecular flexibility index (Phi) is 3.76. The third kappa shape index (κ3) is 2.69. The number of benzene rings is 2. The third-order valence-electron chi connectivity index (χ3n) is 3.64. The minimum atomic E-state index is 0.197. The quantitative estimate of drug-likeness (QED) is 0.935. The van der Waals surface area contributed by atoms with Crippen molar-refractivity contribution in [1.29, 1.82) is 5.26 Å². The summed E-state index contributed by atoms with van der Waals surface area (Å²) >= 11 is 0. The maximum absolute atomic E-state index is 8.99. The van der Waals surface area contributed by atoms with Crippen LogP contribution in [0.15, 0.2) is 42.5 Å². The Morgan fingerprint density at radius 1 is 1.33 bits per heavy atom. The average Bonchev–Trinajstić information content (AvgIpc) is 2.96. The Balaban J connectivity index is 1.71. The third-order valence-corrected chi connectivity index (χ3v) is 3.64. The van der Waals surface area contributed by atoms with Crippen molar-refractivity contribution in [2.45, 2.75) is 12.6 Å². The summed E-state index contributed by atoms with van der Waals surface area (Å²) in [4.78, 5) is 0. The topological polar surface area (TPSA) is 54.3 Å². The predicted molar refractivity (Wildman–Crippen MR) is 79.2 cm³/mol. The monoisotopic (exact) mass is 280 g/mol. The first-order valence-corrected chi connectivity index (χ1v) is 6.84. The van der Waals surface area contributed by atoms with Gasteiger partial charge in [-0.25, -0.2) is 0 Å². The molecule has 2 aromatic carbocycles. The fourth-order valence-corrected chi connectivity index (χ4v) is 2.51. The summed E-state index contributed by atoms with van der Waals surface area (Å²) in [5.74, 6) is 1.56. The molecule has 0 spiro atoms. The van der Waals surface area contributed by atoms with Gasteiger partial charge in [-0.1, -0.05) is 24.3 Å². The number of nitriles is 1. The largest absolute Gasteiger partial charge is 0.495 e. The summed E-state index contributed by atoms with van der Waals surface area (Å²) in [6.45, 7) is 1.34. The molecule has 3 rings (SSSR count). The van der Waals surface area contributed by atoms with E-state index in [0.29, 0.717) is 24.5 Å². The van der Waals surface area contributed by atoms with E-state index in [-0.39, 0.29) is 6.04 Å². The van der Waals surface area contributed by atoms with Crippen molar-refractivity contribution in [1.82, 2.24) is 5.32 Å². The smallest absolute Gasteiger partial charge is 0.136 e. The van der Waals surface area contributed by atoms with Crippen LogP contribution in [0, 0.1) is 11.3 Å². The summed E-state index contributed by atoms with van der Waals surface area (Å²) in [5, 5.41) is 12.5. The van der Waals surface area contributed by atoms with Gasteiger partial charge in [-0.3, -0.25) is 0 Å². The van der Waals surface area contributed by atoms with Crippen LogP contribution >= 0.6 is 0 Å². The van der Waals surface area contributed by atoms with Gasteiger partial charge >= 0.3 is 0 Å². The van der Waals surface area contributed by atoms with Gasteiger partial charge in [0.15, 0.2) is 0 Å². The first-order chi connectivity index (χ1) is 10.3. The fourth-order valence-electron chi connectivity index (χ4n) is 2.51. The van der Waals surface area contributed by atoms with E-state index in [4.69, 9.17) is 14.7 Å². The Morgan fingerprint density at radius 3 is 3.00 bits per heavy atom. The zero-order chi connectivity index (χ0) is 14.7. The van der Waals surface area contributed by atoms with Crippen molar-refractivity contribution in [3.8, 4) is 17.6 Å². The summed E-state index contributed by atoms with van der Waals surface area (Å²) < 4.78 is 10.9. The maximum atomic E-state index is 8.99. The van der Waals surface area contributed by atoms with Gasteiger partial charge in [-0.05, 0) is 23.8 Å². The number of ether oxygens (including phenoxy) is 2. The van der Waals surface area contributed by atoms with Crippen molar-refractivity contribution in [2.24, 2.45) is 0 Å². The Morgan fingerprint density at radius 2 is 2.19 bits per heavy atom. The number of rotatable bonds is 4. The van der Waals surface area contributed by atoms with Gasteiger partial charge in [-0.2, -0.15) is 5.26 Å². The van der Waals surface area contributed by atoms with Crippen LogP contribution in [0.1, 0.15) is 22.7 Å². The zero-order valence-electron chi connectivity index (χ0n) is 11.8. The standard InChI is InChI=1S/C17H16N2O2/c1-20-17-8-12(6-7-13(17)9-18)10-19-15-11-21-16-5-3-2-4-14(15)16/h2-8,15,19H,10-11H2,1H3. The van der Waals surface area contributed by atoms with E-state index >= 15 is 0 Å². The summed E-state index contributed by atoms with van der Waals surface area (Å²) in [6, 6.07) is 16.0. The van der Waals surface area contributed by atoms with E-state index in [0.717, 1.165) is 11.3 Å². The van der Waals surface area contributed by atoms with E-state index in [1.807, 2.05) is 30.3 Å². The van der Waals surface area contributed by atoms with Crippen LogP contribution in [-0.2, 0) is 6.54 Å². The SMILES string of the molecule is COc1cc(CNC2COc3ccccc32)ccc1C#N. The predicted octanol–water partition coefficient (Wildman–Crippen LogP) is 2.79. The van der Waals surface area contributed by atoms with Gasteiger partial charge < -0.3 is 14.8 Å². The van der Waals surface area contributed by atoms with Crippen LogP contribution in [0.2, 0.25) is 0 Å². The second kappa shape index (κ2) is 5.86. The van der Waals surface area contributed by atoms with Gasteiger partial charge in [-0.15, -0.1) is 0 Å². The van der Waals surface area contributed by atoms with E-state index in [2.05, 4.69) is 17.5 Å². The molecule has 1 heterocycles. The number of nitrogens with zero attached hydrogens (tertiary/aromatic N) is 1. The highest BCUT2D eigenvalue weighted by molar-refractivity contribution is 5.45. The van der Waals surface area contributed by atoms with E-state index in [1.54, 1.807) is 13.2 Å². The van der Waals surface area contributed by atoms with E-state index < -0.39 is 0 Å². The molecule has 21 heavy (non-hydrogen) atoms. The lowest BCUT2D eigenvalue weighted by Crippen LogP contribution is -2.22. The van der Waals surface area contributed by atoms with Crippen LogP contribution in [0.3, 0.4) is 0 Å². The Bertz CT molecular complexity index is 691. The highest BCUT2D eigenvalue weighted by Crippen LogP contribution is 2.32. The molecule has 0 aromatic heterocycles. The molecular weight excluding hydrogens is 264 g/mol. The molecule has 0 fully saturated rings. The molecular formula is C17H16N2O2. The highest BCUT2D eigenvalue weighted by Gasteiger charge is 2.22. The molecule has 1 N–H and O–H groups in total. The Labute approximate surface area is 123 Å². The van der Waals surface area contributed by atoms with E-state index in [1.165, 1.54) is 5.56 Å². The van der Waals surface area contributed by atoms with Gasteiger partial charge in [0.25, 0.3) is 0 Å². The van der Waals surface area contributed by atoms with Gasteiger partial charge in [0, 0.05) is 12.1 Å². The second-order valence-electron chi connectivity index (χ2n) is 4.93. The number of nitrogens with one attached hydrogen (secondary N) is 1. The molecule has 0 radical (unpaired) electrons. The first kappa shape index (κ1) is 13.5. The van der Waals surface area contributed by atoms with Crippen molar-refractivity contribution < 1.29 is 9.47 Å². The van der Waals surface area contributed by atoms with Crippen molar-refractivity contribution in [2.75, 3.05) is 13.7 Å². The van der Waals surface area contributed by atoms with Crippen LogP contribution < -0.4 is 14.8 Å². The molecule has 4 nitrogen and oxygen atoms in total. The maximum Gasteiger partial charge on any atom is 0.136 e. The zero-order valence-corrected chi connectivity index (χ0v) is 11.8. The number of hydrogen-bond donors (Lipinski definition) is 1. The molecule has 0 amide bonds. The van der Waals surface area contributed by atoms with Crippen molar-refractivity contribution in [3.63, 3.8) is 0 Å². The van der Waals surface area contributed by atoms with E-state index in [9.17, 15) is 0 Å². The van der Waals surface area contributed by atoms with Crippen molar-refractivity contribution >= 4 is 0 Å². The number of para-hydroxylation sites is 1. The molecule has 0 saturated carbocycles. The molecule has 1 aliphatic heterocycles. The highest BCUT2D eigenvalue weighted by atomic mass is 16.5. The summed E-state index contributed by atoms with van der Waals surface area (Å²) in [7, 11) is 1.58. The van der Waals surface area contributed by atoms with Crippen LogP contribution in [-0.4, -0.2) is 13.7 Å². The fraction of sp³-hybridized carbons (Fsp3) is 0.235. The minimum Gasteiger partial charge on any atom is -0.495 e. The molecule has 106 valence electrons. The number of fused-ring (bicyclic) bond motifs is 1. The molecule has 1 atom stereocenters. The summed E-state index contributed by atoms with van der Waals surface area (Å²) in [6.07, 6.45) is 0. The Hall–Kier alpha value is -2.51. The second-order valence-corrected chi connectivity index (χ2v) is 4.93. The van der Waals surface area contributed by atoms with Crippen LogP contribution in [0.5, 0.6) is 11.5 Å². The van der Waals surface area contributed by atoms with Gasteiger partial charge in [0.2, 0.25) is 0 Å². The lowest BCUT2D eigenvalue weighted by atomic mass is 10.1. The molecule has 1 aliphatic rings. The minimum absolute atomic E-state index is 0.197. The normalized spacial score (nSPS) is 15.9. The molecule has 2 aromatic rings. The number of methoxy groups -OCH3 is 1. The van der Waals surface area contributed by atoms with Gasteiger partial charge in [0.1, 0.15) is 24.2 Å².